The number of methoxy groups -OCH3 is 1. The molecule has 2 aromatic rings. The third-order valence-electron chi connectivity index (χ3n) is 4.01. The Morgan fingerprint density at radius 2 is 1.60 bits per heavy atom. The summed E-state index contributed by atoms with van der Waals surface area (Å²) >= 11 is 0. The van der Waals surface area contributed by atoms with Crippen molar-refractivity contribution in [3.8, 4) is 5.75 Å². The van der Waals surface area contributed by atoms with E-state index < -0.39 is 35.1 Å². The van der Waals surface area contributed by atoms with Crippen molar-refractivity contribution in [1.82, 2.24) is 0 Å². The summed E-state index contributed by atoms with van der Waals surface area (Å²) in [7, 11) is 1.52. The lowest BCUT2D eigenvalue weighted by atomic mass is 10.2. The van der Waals surface area contributed by atoms with Gasteiger partial charge in [0.05, 0.1) is 18.9 Å². The number of halogens is 2. The van der Waals surface area contributed by atoms with Crippen molar-refractivity contribution < 1.29 is 23.1 Å². The summed E-state index contributed by atoms with van der Waals surface area (Å²) in [6, 6.07) is 10.1. The first-order valence-electron chi connectivity index (χ1n) is 7.69. The molecule has 0 aromatic heterocycles. The molecule has 130 valence electrons. The summed E-state index contributed by atoms with van der Waals surface area (Å²) in [6.07, 6.45) is 0.331. The standard InChI is InChI=1S/C18H16F2N2O3/c1-25-11-5-2-4-10(8-11)21-17(23)12-9-13(12)18(24)22-16-14(19)6-3-7-15(16)20/h2-8,12-13H,9H2,1H3,(H,21,23)(H,22,24). The molecule has 1 fully saturated rings. The van der Waals surface area contributed by atoms with E-state index in [1.807, 2.05) is 0 Å². The molecule has 0 heterocycles. The first-order valence-corrected chi connectivity index (χ1v) is 7.69. The van der Waals surface area contributed by atoms with Crippen LogP contribution in [0.4, 0.5) is 20.2 Å². The van der Waals surface area contributed by atoms with Gasteiger partial charge in [-0.2, -0.15) is 0 Å². The minimum Gasteiger partial charge on any atom is -0.497 e. The van der Waals surface area contributed by atoms with Crippen LogP contribution in [0.1, 0.15) is 6.42 Å². The zero-order chi connectivity index (χ0) is 18.0. The summed E-state index contributed by atoms with van der Waals surface area (Å²) in [6.45, 7) is 0. The highest BCUT2D eigenvalue weighted by molar-refractivity contribution is 6.03. The Kier molecular flexibility index (Phi) is 4.65. The number of ether oxygens (including phenoxy) is 1. The summed E-state index contributed by atoms with van der Waals surface area (Å²) in [5, 5.41) is 4.92. The number of amides is 2. The van der Waals surface area contributed by atoms with Gasteiger partial charge in [-0.05, 0) is 30.7 Å². The van der Waals surface area contributed by atoms with Crippen LogP contribution in [0.5, 0.6) is 5.75 Å². The highest BCUT2D eigenvalue weighted by Crippen LogP contribution is 2.40. The van der Waals surface area contributed by atoms with Crippen LogP contribution in [0.2, 0.25) is 0 Å². The van der Waals surface area contributed by atoms with Crippen LogP contribution >= 0.6 is 0 Å². The lowest BCUT2D eigenvalue weighted by Crippen LogP contribution is -2.21. The number of hydrogen-bond acceptors (Lipinski definition) is 3. The maximum Gasteiger partial charge on any atom is 0.228 e. The van der Waals surface area contributed by atoms with Gasteiger partial charge in [0.15, 0.2) is 0 Å². The van der Waals surface area contributed by atoms with Crippen LogP contribution in [-0.2, 0) is 9.59 Å². The lowest BCUT2D eigenvalue weighted by molar-refractivity contribution is -0.122. The van der Waals surface area contributed by atoms with Gasteiger partial charge in [0.1, 0.15) is 23.1 Å². The molecule has 0 spiro atoms. The quantitative estimate of drug-likeness (QED) is 0.874. The molecular formula is C18H16F2N2O3. The third kappa shape index (κ3) is 3.76. The van der Waals surface area contributed by atoms with Crippen molar-refractivity contribution in [2.24, 2.45) is 11.8 Å². The number of nitrogens with one attached hydrogen (secondary N) is 2. The molecule has 7 heteroatoms. The molecule has 3 rings (SSSR count). The Hall–Kier alpha value is -2.96. The normalized spacial score (nSPS) is 18.4. The largest absolute Gasteiger partial charge is 0.497 e. The van der Waals surface area contributed by atoms with Gasteiger partial charge in [0.25, 0.3) is 0 Å². The van der Waals surface area contributed by atoms with E-state index in [1.54, 1.807) is 24.3 Å². The average molecular weight is 346 g/mol. The number of carbonyl (C=O) groups is 2. The summed E-state index contributed by atoms with van der Waals surface area (Å²) in [4.78, 5) is 24.3. The number of rotatable bonds is 5. The van der Waals surface area contributed by atoms with Gasteiger partial charge in [0.2, 0.25) is 11.8 Å². The Bertz CT molecular complexity index is 805. The summed E-state index contributed by atoms with van der Waals surface area (Å²) < 4.78 is 32.2. The van der Waals surface area contributed by atoms with E-state index in [0.717, 1.165) is 12.1 Å². The van der Waals surface area contributed by atoms with E-state index in [4.69, 9.17) is 4.74 Å². The predicted octanol–water partition coefficient (Wildman–Crippen LogP) is 3.19. The van der Waals surface area contributed by atoms with E-state index in [0.29, 0.717) is 17.9 Å². The molecule has 25 heavy (non-hydrogen) atoms. The van der Waals surface area contributed by atoms with E-state index in [9.17, 15) is 18.4 Å². The number of anilines is 2. The van der Waals surface area contributed by atoms with Crippen LogP contribution in [-0.4, -0.2) is 18.9 Å². The monoisotopic (exact) mass is 346 g/mol. The first kappa shape index (κ1) is 16.9. The maximum absolute atomic E-state index is 13.6. The highest BCUT2D eigenvalue weighted by atomic mass is 19.1. The SMILES string of the molecule is COc1cccc(NC(=O)C2CC2C(=O)Nc2c(F)cccc2F)c1. The smallest absolute Gasteiger partial charge is 0.228 e. The van der Waals surface area contributed by atoms with Gasteiger partial charge < -0.3 is 15.4 Å². The van der Waals surface area contributed by atoms with Crippen molar-refractivity contribution in [2.75, 3.05) is 17.7 Å². The molecule has 5 nitrogen and oxygen atoms in total. The molecular weight excluding hydrogens is 330 g/mol. The summed E-state index contributed by atoms with van der Waals surface area (Å²) in [5.41, 5.74) is 0.0573. The second-order valence-electron chi connectivity index (χ2n) is 5.76. The van der Waals surface area contributed by atoms with Gasteiger partial charge in [0, 0.05) is 11.8 Å². The number of para-hydroxylation sites is 1. The average Bonchev–Trinajstić information content (AvgIpc) is 3.39. The van der Waals surface area contributed by atoms with E-state index in [-0.39, 0.29) is 5.91 Å². The zero-order valence-corrected chi connectivity index (χ0v) is 13.4. The molecule has 0 saturated heterocycles. The molecule has 2 aromatic carbocycles. The fourth-order valence-corrected chi connectivity index (χ4v) is 2.54. The van der Waals surface area contributed by atoms with Crippen LogP contribution in [0.15, 0.2) is 42.5 Å². The first-order chi connectivity index (χ1) is 12.0. The van der Waals surface area contributed by atoms with E-state index in [1.165, 1.54) is 13.2 Å². The van der Waals surface area contributed by atoms with Gasteiger partial charge in [-0.25, -0.2) is 8.78 Å². The number of hydrogen-bond donors (Lipinski definition) is 2. The summed E-state index contributed by atoms with van der Waals surface area (Å²) in [5.74, 6) is -3.14. The van der Waals surface area contributed by atoms with Gasteiger partial charge in [-0.3, -0.25) is 9.59 Å². The zero-order valence-electron chi connectivity index (χ0n) is 13.4. The lowest BCUT2D eigenvalue weighted by Gasteiger charge is -2.08. The van der Waals surface area contributed by atoms with Crippen molar-refractivity contribution in [2.45, 2.75) is 6.42 Å². The Balaban J connectivity index is 1.60. The molecule has 1 saturated carbocycles. The molecule has 2 amide bonds. The molecule has 2 unspecified atom stereocenters. The third-order valence-corrected chi connectivity index (χ3v) is 4.01. The second kappa shape index (κ2) is 6.88. The molecule has 2 atom stereocenters. The van der Waals surface area contributed by atoms with Crippen LogP contribution in [0.25, 0.3) is 0 Å². The molecule has 1 aliphatic carbocycles. The van der Waals surface area contributed by atoms with Crippen molar-refractivity contribution in [3.63, 3.8) is 0 Å². The van der Waals surface area contributed by atoms with Crippen LogP contribution in [0.3, 0.4) is 0 Å². The van der Waals surface area contributed by atoms with Gasteiger partial charge in [-0.1, -0.05) is 12.1 Å². The Labute approximate surface area is 143 Å². The maximum atomic E-state index is 13.6. The Morgan fingerprint density at radius 1 is 1.00 bits per heavy atom. The molecule has 0 aliphatic heterocycles. The predicted molar refractivity (Wildman–Crippen MR) is 88.2 cm³/mol. The van der Waals surface area contributed by atoms with E-state index in [2.05, 4.69) is 10.6 Å². The minimum atomic E-state index is -0.855. The van der Waals surface area contributed by atoms with Crippen molar-refractivity contribution >= 4 is 23.2 Å². The minimum absolute atomic E-state index is 0.317. The van der Waals surface area contributed by atoms with E-state index >= 15 is 0 Å². The van der Waals surface area contributed by atoms with Crippen LogP contribution < -0.4 is 15.4 Å². The van der Waals surface area contributed by atoms with Gasteiger partial charge >= 0.3 is 0 Å². The highest BCUT2D eigenvalue weighted by Gasteiger charge is 2.48. The van der Waals surface area contributed by atoms with Crippen molar-refractivity contribution in [3.05, 3.63) is 54.1 Å². The number of benzene rings is 2. The fourth-order valence-electron chi connectivity index (χ4n) is 2.54. The molecule has 0 radical (unpaired) electrons. The van der Waals surface area contributed by atoms with Crippen molar-refractivity contribution in [1.29, 1.82) is 0 Å². The molecule has 1 aliphatic rings. The van der Waals surface area contributed by atoms with Gasteiger partial charge in [-0.15, -0.1) is 0 Å². The fraction of sp³-hybridized carbons (Fsp3) is 0.222. The topological polar surface area (TPSA) is 67.4 Å². The molecule has 0 bridgehead atoms. The molecule has 2 N–H and O–H groups in total. The van der Waals surface area contributed by atoms with Crippen LogP contribution in [0, 0.1) is 23.5 Å². The second-order valence-corrected chi connectivity index (χ2v) is 5.76. The number of carbonyl (C=O) groups excluding carboxylic acids is 2. The Morgan fingerprint density at radius 3 is 2.24 bits per heavy atom.